The predicted molar refractivity (Wildman–Crippen MR) is 141 cm³/mol. The fourth-order valence-corrected chi connectivity index (χ4v) is 11.3. The molecule has 4 rings (SSSR count). The van der Waals surface area contributed by atoms with E-state index in [1.54, 1.807) is 6.21 Å². The summed E-state index contributed by atoms with van der Waals surface area (Å²) in [7, 11) is -6.03. The molecule has 1 amide bonds. The first-order valence-electron chi connectivity index (χ1n) is 10.6. The lowest BCUT2D eigenvalue weighted by Gasteiger charge is -2.28. The number of amides is 1. The summed E-state index contributed by atoms with van der Waals surface area (Å²) >= 11 is 0. The van der Waals surface area contributed by atoms with Gasteiger partial charge in [-0.3, -0.25) is 9.36 Å². The van der Waals surface area contributed by atoms with Crippen LogP contribution in [0.1, 0.15) is 0 Å². The number of hydrogen-bond acceptors (Lipinski definition) is 2. The van der Waals surface area contributed by atoms with Crippen molar-refractivity contribution in [2.75, 3.05) is 6.16 Å². The molecule has 33 heavy (non-hydrogen) atoms. The second-order valence-corrected chi connectivity index (χ2v) is 13.2. The summed E-state index contributed by atoms with van der Waals surface area (Å²) in [5.74, 6) is 0. The summed E-state index contributed by atoms with van der Waals surface area (Å²) < 4.78 is 20.3. The fraction of sp³-hybridized carbons (Fsp3) is 0.0370. The number of hydrogen-bond donors (Lipinski definition) is 0. The Morgan fingerprint density at radius 1 is 0.576 bits per heavy atom. The van der Waals surface area contributed by atoms with Gasteiger partial charge in [-0.05, 0) is 34.9 Å². The molecule has 0 aliphatic rings. The largest absolute Gasteiger partial charge is 0.288 e. The Balaban J connectivity index is 2.13. The third-order valence-corrected chi connectivity index (χ3v) is 12.6. The van der Waals surface area contributed by atoms with E-state index in [0.717, 1.165) is 10.6 Å². The lowest BCUT2D eigenvalue weighted by atomic mass is 10.4. The van der Waals surface area contributed by atoms with Gasteiger partial charge in [0.05, 0.1) is 0 Å². The van der Waals surface area contributed by atoms with Crippen molar-refractivity contribution in [3.63, 3.8) is 0 Å². The van der Waals surface area contributed by atoms with E-state index in [4.69, 9.17) is 4.52 Å². The van der Waals surface area contributed by atoms with Crippen molar-refractivity contribution < 1.29 is 9.36 Å². The molecule has 0 radical (unpaired) electrons. The maximum absolute atomic E-state index is 15.0. The molecular weight excluding hydrogens is 446 g/mol. The molecule has 4 aromatic carbocycles. The minimum atomic E-state index is -3.40. The maximum Gasteiger partial charge on any atom is 0.246 e. The SMILES string of the molecule is O=CN=CCP(=NP(=O)(c1ccccc1)c1ccccc1)(c1ccccc1)c1ccccc1. The van der Waals surface area contributed by atoms with E-state index in [9.17, 15) is 9.36 Å². The van der Waals surface area contributed by atoms with Crippen LogP contribution < -0.4 is 21.2 Å². The molecule has 0 aliphatic carbocycles. The van der Waals surface area contributed by atoms with Crippen LogP contribution in [0.3, 0.4) is 0 Å². The van der Waals surface area contributed by atoms with Crippen LogP contribution in [-0.2, 0) is 9.36 Å². The fourth-order valence-electron chi connectivity index (χ4n) is 3.78. The van der Waals surface area contributed by atoms with Gasteiger partial charge in [0.15, 0.2) is 0 Å². The normalized spacial score (nSPS) is 11.9. The average molecular weight is 470 g/mol. The highest BCUT2D eigenvalue weighted by Crippen LogP contribution is 2.59. The molecule has 0 aromatic heterocycles. The topological polar surface area (TPSA) is 58.9 Å². The van der Waals surface area contributed by atoms with Gasteiger partial charge in [-0.25, -0.2) is 9.51 Å². The number of benzene rings is 4. The van der Waals surface area contributed by atoms with Crippen molar-refractivity contribution in [2.45, 2.75) is 0 Å². The lowest BCUT2D eigenvalue weighted by Crippen LogP contribution is -2.22. The lowest BCUT2D eigenvalue weighted by molar-refractivity contribution is -0.106. The van der Waals surface area contributed by atoms with Gasteiger partial charge in [-0.1, -0.05) is 97.1 Å². The van der Waals surface area contributed by atoms with Gasteiger partial charge < -0.3 is 0 Å². The molecule has 0 saturated heterocycles. The molecule has 0 unspecified atom stereocenters. The average Bonchev–Trinajstić information content (AvgIpc) is 2.90. The quantitative estimate of drug-likeness (QED) is 0.207. The predicted octanol–water partition coefficient (Wildman–Crippen LogP) is 4.99. The zero-order chi connectivity index (χ0) is 23.0. The molecule has 0 N–H and O–H groups in total. The second kappa shape index (κ2) is 10.5. The van der Waals surface area contributed by atoms with Crippen LogP contribution in [0.25, 0.3) is 0 Å². The number of aliphatic imine (C=N–C) groups is 1. The number of nitrogens with zero attached hydrogens (tertiary/aromatic N) is 2. The summed E-state index contributed by atoms with van der Waals surface area (Å²) in [6.45, 7) is 0. The zero-order valence-corrected chi connectivity index (χ0v) is 19.8. The first kappa shape index (κ1) is 22.9. The number of rotatable bonds is 8. The molecule has 164 valence electrons. The zero-order valence-electron chi connectivity index (χ0n) is 18.0. The van der Waals surface area contributed by atoms with Crippen LogP contribution >= 0.6 is 14.3 Å². The molecule has 0 saturated carbocycles. The molecule has 0 aliphatic heterocycles. The maximum atomic E-state index is 15.0. The Morgan fingerprint density at radius 2 is 0.939 bits per heavy atom. The van der Waals surface area contributed by atoms with E-state index in [-0.39, 0.29) is 0 Å². The molecule has 0 atom stereocenters. The Bertz CT molecular complexity index is 1240. The molecule has 0 heterocycles. The number of carbonyl (C=O) groups excluding carboxylic acids is 1. The Kier molecular flexibility index (Phi) is 7.29. The standard InChI is InChI=1S/C27H24N2O2P2/c30-23-28-21-22-32(24-13-5-1-6-14-24,25-15-7-2-8-16-25)29-33(31,26-17-9-3-10-18-26)27-19-11-4-12-20-27/h1-21,23H,22H2. The summed E-state index contributed by atoms with van der Waals surface area (Å²) in [6, 6.07) is 38.8. The third kappa shape index (κ3) is 4.88. The Labute approximate surface area is 194 Å². The minimum absolute atomic E-state index is 0.392. The van der Waals surface area contributed by atoms with Crippen molar-refractivity contribution in [1.29, 1.82) is 0 Å². The van der Waals surface area contributed by atoms with Crippen LogP contribution in [0, 0.1) is 0 Å². The molecule has 0 bridgehead atoms. The van der Waals surface area contributed by atoms with Crippen molar-refractivity contribution in [2.24, 2.45) is 9.51 Å². The van der Waals surface area contributed by atoms with Crippen LogP contribution in [0.4, 0.5) is 0 Å². The highest BCUT2D eigenvalue weighted by Gasteiger charge is 2.33. The monoisotopic (exact) mass is 470 g/mol. The van der Waals surface area contributed by atoms with Gasteiger partial charge in [-0.2, -0.15) is 0 Å². The van der Waals surface area contributed by atoms with E-state index < -0.39 is 14.3 Å². The first-order valence-corrected chi connectivity index (χ1v) is 14.2. The Hall–Kier alpha value is -3.32. The van der Waals surface area contributed by atoms with Crippen LogP contribution in [0.2, 0.25) is 0 Å². The first-order chi connectivity index (χ1) is 16.2. The van der Waals surface area contributed by atoms with Gasteiger partial charge in [0.25, 0.3) is 0 Å². The summed E-state index contributed by atoms with van der Waals surface area (Å²) in [6.07, 6.45) is 2.52. The summed E-state index contributed by atoms with van der Waals surface area (Å²) in [4.78, 5) is 14.9. The van der Waals surface area contributed by atoms with Gasteiger partial charge in [0.2, 0.25) is 13.7 Å². The van der Waals surface area contributed by atoms with E-state index in [1.807, 2.05) is 121 Å². The molecular formula is C27H24N2O2P2. The van der Waals surface area contributed by atoms with E-state index in [0.29, 0.717) is 23.2 Å². The third-order valence-electron chi connectivity index (χ3n) is 5.37. The highest BCUT2D eigenvalue weighted by atomic mass is 31.2. The van der Waals surface area contributed by atoms with E-state index >= 15 is 0 Å². The molecule has 6 heteroatoms. The summed E-state index contributed by atoms with van der Waals surface area (Å²) in [5, 5.41) is 3.33. The highest BCUT2D eigenvalue weighted by molar-refractivity contribution is 7.90. The van der Waals surface area contributed by atoms with E-state index in [2.05, 4.69) is 4.99 Å². The van der Waals surface area contributed by atoms with Crippen LogP contribution in [0.15, 0.2) is 131 Å². The molecule has 0 fully saturated rings. The van der Waals surface area contributed by atoms with Crippen LogP contribution in [0.5, 0.6) is 0 Å². The van der Waals surface area contributed by atoms with E-state index in [1.165, 1.54) is 0 Å². The molecule has 0 spiro atoms. The molecule has 4 aromatic rings. The van der Waals surface area contributed by atoms with Gasteiger partial charge in [-0.15, -0.1) is 0 Å². The Morgan fingerprint density at radius 3 is 1.30 bits per heavy atom. The van der Waals surface area contributed by atoms with Crippen molar-refractivity contribution >= 4 is 48.2 Å². The van der Waals surface area contributed by atoms with Gasteiger partial charge in [0, 0.05) is 30.0 Å². The van der Waals surface area contributed by atoms with Crippen molar-refractivity contribution in [1.82, 2.24) is 0 Å². The van der Waals surface area contributed by atoms with Gasteiger partial charge >= 0.3 is 0 Å². The number of carbonyl (C=O) groups is 1. The summed E-state index contributed by atoms with van der Waals surface area (Å²) in [5.41, 5.74) is 0. The van der Waals surface area contributed by atoms with Crippen LogP contribution in [-0.4, -0.2) is 18.8 Å². The van der Waals surface area contributed by atoms with Gasteiger partial charge in [0.1, 0.15) is 0 Å². The van der Waals surface area contributed by atoms with Crippen molar-refractivity contribution in [3.8, 4) is 0 Å². The second-order valence-electron chi connectivity index (χ2n) is 7.40. The molecule has 4 nitrogen and oxygen atoms in total. The smallest absolute Gasteiger partial charge is 0.246 e. The minimum Gasteiger partial charge on any atom is -0.288 e. The van der Waals surface area contributed by atoms with Crippen molar-refractivity contribution in [3.05, 3.63) is 121 Å².